The third-order valence-electron chi connectivity index (χ3n) is 4.10. The quantitative estimate of drug-likeness (QED) is 0.717. The topological polar surface area (TPSA) is 79.5 Å². The Labute approximate surface area is 143 Å². The highest BCUT2D eigenvalue weighted by atomic mass is 16.5. The Morgan fingerprint density at radius 1 is 1.33 bits per heavy atom. The smallest absolute Gasteiger partial charge is 0.319 e. The van der Waals surface area contributed by atoms with Gasteiger partial charge >= 0.3 is 6.03 Å². The molecule has 6 heteroatoms. The number of benzene rings is 1. The van der Waals surface area contributed by atoms with Crippen molar-refractivity contribution in [3.8, 4) is 0 Å². The molecule has 132 valence electrons. The van der Waals surface area contributed by atoms with Crippen LogP contribution in [0.5, 0.6) is 0 Å². The van der Waals surface area contributed by atoms with Crippen LogP contribution in [0.25, 0.3) is 0 Å². The molecule has 0 bridgehead atoms. The fourth-order valence-electron chi connectivity index (χ4n) is 2.79. The molecule has 1 aromatic carbocycles. The maximum absolute atomic E-state index is 12.0. The molecule has 1 heterocycles. The van der Waals surface area contributed by atoms with Gasteiger partial charge in [0.05, 0.1) is 6.10 Å². The minimum Gasteiger partial charge on any atom is -0.378 e. The maximum Gasteiger partial charge on any atom is 0.319 e. The first-order valence-electron chi connectivity index (χ1n) is 8.58. The minimum atomic E-state index is -0.228. The molecule has 0 aliphatic carbocycles. The number of fused-ring (bicyclic) bond motifs is 1. The van der Waals surface area contributed by atoms with Crippen molar-refractivity contribution >= 4 is 23.3 Å². The van der Waals surface area contributed by atoms with Crippen LogP contribution in [0, 0.1) is 5.92 Å². The zero-order valence-electron chi connectivity index (χ0n) is 14.6. The summed E-state index contributed by atoms with van der Waals surface area (Å²) in [6.07, 6.45) is 2.12. The van der Waals surface area contributed by atoms with Crippen LogP contribution in [0.2, 0.25) is 0 Å². The largest absolute Gasteiger partial charge is 0.378 e. The molecule has 2 rings (SSSR count). The van der Waals surface area contributed by atoms with Gasteiger partial charge in [0.1, 0.15) is 0 Å². The molecule has 1 aromatic rings. The average Bonchev–Trinajstić information content (AvgIpc) is 2.54. The number of rotatable bonds is 7. The van der Waals surface area contributed by atoms with Gasteiger partial charge in [0, 0.05) is 30.9 Å². The summed E-state index contributed by atoms with van der Waals surface area (Å²) in [4.78, 5) is 23.4. The van der Waals surface area contributed by atoms with E-state index in [1.54, 1.807) is 6.07 Å². The van der Waals surface area contributed by atoms with Crippen molar-refractivity contribution in [2.24, 2.45) is 5.92 Å². The van der Waals surface area contributed by atoms with Gasteiger partial charge in [-0.1, -0.05) is 13.8 Å². The van der Waals surface area contributed by atoms with Crippen LogP contribution in [0.4, 0.5) is 16.2 Å². The predicted octanol–water partition coefficient (Wildman–Crippen LogP) is 3.14. The molecular weight excluding hydrogens is 306 g/mol. The van der Waals surface area contributed by atoms with Crippen LogP contribution in [0.15, 0.2) is 18.2 Å². The van der Waals surface area contributed by atoms with Gasteiger partial charge in [-0.05, 0) is 49.4 Å². The fraction of sp³-hybridized carbons (Fsp3) is 0.556. The van der Waals surface area contributed by atoms with Gasteiger partial charge in [-0.15, -0.1) is 0 Å². The molecule has 6 nitrogen and oxygen atoms in total. The lowest BCUT2D eigenvalue weighted by molar-refractivity contribution is -0.116. The number of amides is 3. The zero-order chi connectivity index (χ0) is 17.5. The van der Waals surface area contributed by atoms with Crippen LogP contribution < -0.4 is 16.0 Å². The second kappa shape index (κ2) is 8.68. The molecular formula is C18H27N3O3. The van der Waals surface area contributed by atoms with E-state index in [0.29, 0.717) is 31.9 Å². The molecule has 0 spiro atoms. The molecule has 1 aliphatic heterocycles. The highest BCUT2D eigenvalue weighted by Crippen LogP contribution is 2.25. The average molecular weight is 333 g/mol. The zero-order valence-corrected chi connectivity index (χ0v) is 14.6. The van der Waals surface area contributed by atoms with Crippen LogP contribution >= 0.6 is 0 Å². The SMILES string of the molecule is CCOC(CCNC(=O)Nc1ccc2c(c1)CCC(=O)N2)C(C)C. The van der Waals surface area contributed by atoms with Gasteiger partial charge in [-0.3, -0.25) is 4.79 Å². The van der Waals surface area contributed by atoms with E-state index in [4.69, 9.17) is 4.74 Å². The van der Waals surface area contributed by atoms with Gasteiger partial charge in [0.25, 0.3) is 0 Å². The second-order valence-corrected chi connectivity index (χ2v) is 6.33. The summed E-state index contributed by atoms with van der Waals surface area (Å²) in [5.74, 6) is 0.459. The minimum absolute atomic E-state index is 0.0370. The van der Waals surface area contributed by atoms with Crippen LogP contribution in [-0.4, -0.2) is 31.2 Å². The molecule has 0 aromatic heterocycles. The monoisotopic (exact) mass is 333 g/mol. The number of hydrogen-bond acceptors (Lipinski definition) is 3. The van der Waals surface area contributed by atoms with E-state index >= 15 is 0 Å². The summed E-state index contributed by atoms with van der Waals surface area (Å²) in [6.45, 7) is 7.46. The molecule has 1 aliphatic rings. The number of hydrogen-bond donors (Lipinski definition) is 3. The number of nitrogens with one attached hydrogen (secondary N) is 3. The number of anilines is 2. The molecule has 0 saturated heterocycles. The highest BCUT2D eigenvalue weighted by molar-refractivity contribution is 5.95. The lowest BCUT2D eigenvalue weighted by Gasteiger charge is -2.21. The number of ether oxygens (including phenoxy) is 1. The van der Waals surface area contributed by atoms with Crippen LogP contribution in [0.1, 0.15) is 39.2 Å². The summed E-state index contributed by atoms with van der Waals surface area (Å²) in [7, 11) is 0. The fourth-order valence-corrected chi connectivity index (χ4v) is 2.79. The molecule has 1 unspecified atom stereocenters. The van der Waals surface area contributed by atoms with Gasteiger partial charge in [0.2, 0.25) is 5.91 Å². The van der Waals surface area contributed by atoms with E-state index in [1.807, 2.05) is 19.1 Å². The van der Waals surface area contributed by atoms with Crippen molar-refractivity contribution < 1.29 is 14.3 Å². The summed E-state index contributed by atoms with van der Waals surface area (Å²) in [6, 6.07) is 5.30. The van der Waals surface area contributed by atoms with E-state index in [1.165, 1.54) is 0 Å². The van der Waals surface area contributed by atoms with E-state index in [0.717, 1.165) is 23.4 Å². The molecule has 0 radical (unpaired) electrons. The van der Waals surface area contributed by atoms with E-state index < -0.39 is 0 Å². The summed E-state index contributed by atoms with van der Waals surface area (Å²) in [5, 5.41) is 8.53. The van der Waals surface area contributed by atoms with Crippen molar-refractivity contribution in [1.29, 1.82) is 0 Å². The van der Waals surface area contributed by atoms with Gasteiger partial charge < -0.3 is 20.7 Å². The van der Waals surface area contributed by atoms with Crippen molar-refractivity contribution in [2.75, 3.05) is 23.8 Å². The number of aryl methyl sites for hydroxylation is 1. The summed E-state index contributed by atoms with van der Waals surface area (Å²) in [5.41, 5.74) is 2.60. The molecule has 3 amide bonds. The third kappa shape index (κ3) is 5.23. The van der Waals surface area contributed by atoms with Crippen LogP contribution in [0.3, 0.4) is 0 Å². The normalized spacial score (nSPS) is 14.8. The first-order chi connectivity index (χ1) is 11.5. The molecule has 0 fully saturated rings. The van der Waals surface area contributed by atoms with E-state index in [-0.39, 0.29) is 18.0 Å². The predicted molar refractivity (Wildman–Crippen MR) is 95.3 cm³/mol. The number of carbonyl (C=O) groups is 2. The lowest BCUT2D eigenvalue weighted by Crippen LogP contribution is -2.33. The molecule has 0 saturated carbocycles. The lowest BCUT2D eigenvalue weighted by atomic mass is 10.0. The Kier molecular flexibility index (Phi) is 6.61. The van der Waals surface area contributed by atoms with Crippen molar-refractivity contribution in [3.63, 3.8) is 0 Å². The Morgan fingerprint density at radius 3 is 2.83 bits per heavy atom. The number of urea groups is 1. The Bertz CT molecular complexity index is 587. The van der Waals surface area contributed by atoms with Gasteiger partial charge in [0.15, 0.2) is 0 Å². The first-order valence-corrected chi connectivity index (χ1v) is 8.58. The highest BCUT2D eigenvalue weighted by Gasteiger charge is 2.16. The second-order valence-electron chi connectivity index (χ2n) is 6.33. The van der Waals surface area contributed by atoms with Crippen molar-refractivity contribution in [3.05, 3.63) is 23.8 Å². The van der Waals surface area contributed by atoms with Crippen molar-refractivity contribution in [2.45, 2.75) is 46.1 Å². The van der Waals surface area contributed by atoms with Gasteiger partial charge in [-0.25, -0.2) is 4.79 Å². The Morgan fingerprint density at radius 2 is 2.12 bits per heavy atom. The standard InChI is InChI=1S/C18H27N3O3/c1-4-24-16(12(2)3)9-10-19-18(23)20-14-6-7-15-13(11-14)5-8-17(22)21-15/h6-7,11-12,16H,4-5,8-10H2,1-3H3,(H,21,22)(H2,19,20,23). The molecule has 3 N–H and O–H groups in total. The summed E-state index contributed by atoms with van der Waals surface area (Å²) >= 11 is 0. The van der Waals surface area contributed by atoms with E-state index in [2.05, 4.69) is 29.8 Å². The van der Waals surface area contributed by atoms with E-state index in [9.17, 15) is 9.59 Å². The summed E-state index contributed by atoms with van der Waals surface area (Å²) < 4.78 is 5.67. The first kappa shape index (κ1) is 18.3. The maximum atomic E-state index is 12.0. The van der Waals surface area contributed by atoms with Crippen molar-refractivity contribution in [1.82, 2.24) is 5.32 Å². The molecule has 24 heavy (non-hydrogen) atoms. The molecule has 1 atom stereocenters. The third-order valence-corrected chi connectivity index (χ3v) is 4.10. The van der Waals surface area contributed by atoms with Gasteiger partial charge in [-0.2, -0.15) is 0 Å². The number of carbonyl (C=O) groups excluding carboxylic acids is 2. The Balaban J connectivity index is 1.81. The van der Waals surface area contributed by atoms with Crippen LogP contribution in [-0.2, 0) is 16.0 Å². The Hall–Kier alpha value is -2.08.